The molecule has 1 aliphatic carbocycles. The molecule has 1 unspecified atom stereocenters. The molecule has 1 saturated carbocycles. The van der Waals surface area contributed by atoms with Crippen molar-refractivity contribution in [2.24, 2.45) is 7.05 Å². The van der Waals surface area contributed by atoms with Crippen molar-refractivity contribution in [3.8, 4) is 0 Å². The molecule has 2 aromatic rings. The van der Waals surface area contributed by atoms with Gasteiger partial charge in [-0.3, -0.25) is 0 Å². The van der Waals surface area contributed by atoms with Crippen LogP contribution >= 0.6 is 0 Å². The zero-order valence-electron chi connectivity index (χ0n) is 10.6. The van der Waals surface area contributed by atoms with E-state index in [1.54, 1.807) is 11.7 Å². The topological polar surface area (TPSA) is 117 Å². The molecule has 1 aliphatic rings. The third-order valence-electron chi connectivity index (χ3n) is 3.16. The summed E-state index contributed by atoms with van der Waals surface area (Å²) in [6, 6.07) is 0.323. The van der Waals surface area contributed by atoms with Gasteiger partial charge in [0.1, 0.15) is 0 Å². The highest BCUT2D eigenvalue weighted by molar-refractivity contribution is 5.01. The van der Waals surface area contributed by atoms with E-state index in [0.717, 1.165) is 12.8 Å². The van der Waals surface area contributed by atoms with Crippen molar-refractivity contribution in [2.75, 3.05) is 7.11 Å². The monoisotopic (exact) mass is 266 g/mol. The number of rotatable bonds is 5. The summed E-state index contributed by atoms with van der Waals surface area (Å²) < 4.78 is 8.25. The maximum Gasteiger partial charge on any atom is 0.236 e. The van der Waals surface area contributed by atoms with Crippen LogP contribution in [0.3, 0.4) is 0 Å². The van der Waals surface area contributed by atoms with E-state index in [0.29, 0.717) is 11.9 Å². The Balaban J connectivity index is 1.90. The van der Waals surface area contributed by atoms with Gasteiger partial charge >= 0.3 is 0 Å². The number of ether oxygens (including phenoxy) is 1. The smallest absolute Gasteiger partial charge is 0.236 e. The van der Waals surface area contributed by atoms with Crippen LogP contribution in [0.25, 0.3) is 0 Å². The summed E-state index contributed by atoms with van der Waals surface area (Å²) in [5, 5.41) is 33.0. The van der Waals surface area contributed by atoms with E-state index in [1.165, 1.54) is 11.8 Å². The first-order valence-electron chi connectivity index (χ1n) is 5.91. The molecule has 1 atom stereocenters. The summed E-state index contributed by atoms with van der Waals surface area (Å²) in [6.07, 6.45) is 2.19. The Hall–Kier alpha value is -1.94. The molecule has 0 radical (unpaired) electrons. The minimum atomic E-state index is -1.65. The Morgan fingerprint density at radius 2 is 2.05 bits per heavy atom. The number of aromatic nitrogens is 8. The van der Waals surface area contributed by atoms with E-state index in [-0.39, 0.29) is 12.2 Å². The highest BCUT2D eigenvalue weighted by Gasteiger charge is 2.39. The van der Waals surface area contributed by atoms with E-state index in [9.17, 15) is 5.11 Å². The predicted octanol–water partition coefficient (Wildman–Crippen LogP) is -1.43. The number of aliphatic hydroxyl groups is 1. The maximum absolute atomic E-state index is 10.6. The number of nitrogens with zero attached hydrogens (tertiary/aromatic N) is 8. The van der Waals surface area contributed by atoms with Crippen molar-refractivity contribution in [3.63, 3.8) is 0 Å². The summed E-state index contributed by atoms with van der Waals surface area (Å²) >= 11 is 0. The highest BCUT2D eigenvalue weighted by Crippen LogP contribution is 2.35. The Labute approximate surface area is 108 Å². The highest BCUT2D eigenvalue weighted by atomic mass is 16.6. The van der Waals surface area contributed by atoms with Crippen LogP contribution in [0.1, 0.15) is 30.5 Å². The third kappa shape index (κ3) is 2.08. The molecule has 0 bridgehead atoms. The molecule has 0 spiro atoms. The predicted molar refractivity (Wildman–Crippen MR) is 59.5 cm³/mol. The van der Waals surface area contributed by atoms with Crippen LogP contribution < -0.4 is 0 Å². The number of aryl methyl sites for hydroxylation is 1. The van der Waals surface area contributed by atoms with Gasteiger partial charge in [-0.25, -0.2) is 9.36 Å². The summed E-state index contributed by atoms with van der Waals surface area (Å²) in [5.41, 5.74) is 0. The van der Waals surface area contributed by atoms with Crippen LogP contribution in [-0.2, 0) is 24.0 Å². The Bertz CT molecular complexity index is 576. The van der Waals surface area contributed by atoms with Gasteiger partial charge < -0.3 is 9.84 Å². The molecule has 102 valence electrons. The first kappa shape index (κ1) is 12.1. The molecule has 3 rings (SSSR count). The van der Waals surface area contributed by atoms with Gasteiger partial charge in [0.25, 0.3) is 0 Å². The lowest BCUT2D eigenvalue weighted by molar-refractivity contribution is -0.202. The summed E-state index contributed by atoms with van der Waals surface area (Å²) in [5.74, 6) is -0.894. The second kappa shape index (κ2) is 4.31. The zero-order chi connectivity index (χ0) is 13.5. The minimum absolute atomic E-state index is 0.0845. The van der Waals surface area contributed by atoms with Crippen molar-refractivity contribution in [2.45, 2.75) is 31.1 Å². The fourth-order valence-electron chi connectivity index (χ4n) is 1.95. The van der Waals surface area contributed by atoms with Crippen LogP contribution in [0.15, 0.2) is 0 Å². The van der Waals surface area contributed by atoms with E-state index in [4.69, 9.17) is 4.74 Å². The second-order valence-electron chi connectivity index (χ2n) is 4.56. The Kier molecular flexibility index (Phi) is 2.75. The van der Waals surface area contributed by atoms with Gasteiger partial charge in [0.2, 0.25) is 11.6 Å². The molecular weight excluding hydrogens is 252 g/mol. The molecule has 1 N–H and O–H groups in total. The lowest BCUT2D eigenvalue weighted by Gasteiger charge is -2.23. The van der Waals surface area contributed by atoms with Crippen LogP contribution in [0.5, 0.6) is 0 Å². The maximum atomic E-state index is 10.6. The third-order valence-corrected chi connectivity index (χ3v) is 3.16. The molecule has 0 saturated heterocycles. The standard InChI is InChI=1S/C9H14N8O2/c1-16-8(11-13-14-16)9(18,19-2)5-7-10-12-15-17(7)6-3-4-6/h6,18H,3-5H2,1-2H3. The SMILES string of the molecule is COC(O)(Cc1nnnn1C1CC1)c1nnnn1C. The average molecular weight is 266 g/mol. The number of hydrogen-bond acceptors (Lipinski definition) is 8. The van der Waals surface area contributed by atoms with E-state index < -0.39 is 5.79 Å². The summed E-state index contributed by atoms with van der Waals surface area (Å²) in [7, 11) is 3.02. The average Bonchev–Trinajstić information content (AvgIpc) is 2.99. The van der Waals surface area contributed by atoms with E-state index >= 15 is 0 Å². The number of tetrazole rings is 2. The lowest BCUT2D eigenvalue weighted by Crippen LogP contribution is -2.35. The largest absolute Gasteiger partial charge is 0.359 e. The van der Waals surface area contributed by atoms with Gasteiger partial charge in [0.05, 0.1) is 12.5 Å². The summed E-state index contributed by atoms with van der Waals surface area (Å²) in [4.78, 5) is 0. The van der Waals surface area contributed by atoms with Gasteiger partial charge in [0, 0.05) is 14.2 Å². The molecule has 10 heteroatoms. The molecule has 2 heterocycles. The second-order valence-corrected chi connectivity index (χ2v) is 4.56. The van der Waals surface area contributed by atoms with Crippen molar-refractivity contribution in [1.82, 2.24) is 40.4 Å². The van der Waals surface area contributed by atoms with Crippen molar-refractivity contribution in [3.05, 3.63) is 11.6 Å². The van der Waals surface area contributed by atoms with Gasteiger partial charge in [-0.05, 0) is 33.7 Å². The minimum Gasteiger partial charge on any atom is -0.359 e. The molecule has 0 aliphatic heterocycles. The fraction of sp³-hybridized carbons (Fsp3) is 0.778. The molecule has 10 nitrogen and oxygen atoms in total. The van der Waals surface area contributed by atoms with Gasteiger partial charge in [-0.2, -0.15) is 0 Å². The molecule has 1 fully saturated rings. The fourth-order valence-corrected chi connectivity index (χ4v) is 1.95. The van der Waals surface area contributed by atoms with Crippen LogP contribution in [0.4, 0.5) is 0 Å². The Morgan fingerprint density at radius 1 is 1.32 bits per heavy atom. The molecule has 19 heavy (non-hydrogen) atoms. The van der Waals surface area contributed by atoms with Gasteiger partial charge in [-0.1, -0.05) is 0 Å². The summed E-state index contributed by atoms with van der Waals surface area (Å²) in [6.45, 7) is 0. The lowest BCUT2D eigenvalue weighted by atomic mass is 10.1. The van der Waals surface area contributed by atoms with Gasteiger partial charge in [0.15, 0.2) is 5.82 Å². The van der Waals surface area contributed by atoms with Crippen molar-refractivity contribution < 1.29 is 9.84 Å². The molecule has 0 amide bonds. The van der Waals surface area contributed by atoms with Crippen LogP contribution in [-0.4, -0.2) is 52.6 Å². The van der Waals surface area contributed by atoms with Crippen LogP contribution in [0, 0.1) is 0 Å². The Morgan fingerprint density at radius 3 is 2.63 bits per heavy atom. The van der Waals surface area contributed by atoms with Crippen LogP contribution in [0.2, 0.25) is 0 Å². The normalized spacial score (nSPS) is 18.5. The zero-order valence-corrected chi connectivity index (χ0v) is 10.6. The van der Waals surface area contributed by atoms with E-state index in [2.05, 4.69) is 31.1 Å². The molecule has 0 aromatic carbocycles. The number of methoxy groups -OCH3 is 1. The van der Waals surface area contributed by atoms with Crippen molar-refractivity contribution >= 4 is 0 Å². The quantitative estimate of drug-likeness (QED) is 0.654. The first-order valence-corrected chi connectivity index (χ1v) is 5.91. The first-order chi connectivity index (χ1) is 9.14. The van der Waals surface area contributed by atoms with E-state index in [1.807, 2.05) is 0 Å². The van der Waals surface area contributed by atoms with Gasteiger partial charge in [-0.15, -0.1) is 10.2 Å². The molecular formula is C9H14N8O2. The number of hydrogen-bond donors (Lipinski definition) is 1. The molecule has 2 aromatic heterocycles. The van der Waals surface area contributed by atoms with Crippen molar-refractivity contribution in [1.29, 1.82) is 0 Å².